The lowest BCUT2D eigenvalue weighted by Gasteiger charge is -2.04. The number of pyridine rings is 1. The van der Waals surface area contributed by atoms with Crippen LogP contribution in [0.4, 0.5) is 0 Å². The zero-order valence-electron chi connectivity index (χ0n) is 7.32. The van der Waals surface area contributed by atoms with Crippen LogP contribution in [0.25, 0.3) is 0 Å². The fourth-order valence-corrected chi connectivity index (χ4v) is 1.08. The van der Waals surface area contributed by atoms with Crippen LogP contribution in [-0.2, 0) is 6.54 Å². The number of aliphatic hydroxyl groups is 1. The van der Waals surface area contributed by atoms with E-state index in [2.05, 4.69) is 0 Å². The summed E-state index contributed by atoms with van der Waals surface area (Å²) in [4.78, 5) is 11.4. The third-order valence-electron chi connectivity index (χ3n) is 1.83. The first kappa shape index (κ1) is 9.49. The third kappa shape index (κ3) is 1.76. The van der Waals surface area contributed by atoms with Crippen molar-refractivity contribution in [2.24, 2.45) is 0 Å². The topological polar surface area (TPSA) is 66.0 Å². The van der Waals surface area contributed by atoms with Crippen molar-refractivity contribution in [3.05, 3.63) is 33.7 Å². The quantitative estimate of drug-likeness (QED) is 0.694. The van der Waals surface area contributed by atoms with Gasteiger partial charge in [0.25, 0.3) is 5.56 Å². The molecule has 0 fully saturated rings. The Morgan fingerprint density at radius 3 is 2.92 bits per heavy atom. The van der Waals surface area contributed by atoms with E-state index in [1.165, 1.54) is 4.57 Å². The average molecular weight is 178 g/mol. The Labute approximate surface area is 75.7 Å². The molecule has 1 heterocycles. The number of aliphatic hydroxyl groups excluding tert-OH is 1. The molecule has 0 bridgehead atoms. The fourth-order valence-electron chi connectivity index (χ4n) is 1.08. The Balaban J connectivity index is 3.30. The van der Waals surface area contributed by atoms with Gasteiger partial charge < -0.3 is 9.67 Å². The van der Waals surface area contributed by atoms with Crippen LogP contribution in [-0.4, -0.2) is 16.3 Å². The van der Waals surface area contributed by atoms with Crippen molar-refractivity contribution in [3.63, 3.8) is 0 Å². The number of nitrogens with zero attached hydrogens (tertiary/aromatic N) is 2. The maximum absolute atomic E-state index is 11.4. The summed E-state index contributed by atoms with van der Waals surface area (Å²) in [6, 6.07) is 3.54. The molecule has 0 atom stereocenters. The largest absolute Gasteiger partial charge is 0.395 e. The molecule has 68 valence electrons. The lowest BCUT2D eigenvalue weighted by Crippen LogP contribution is -2.24. The highest BCUT2D eigenvalue weighted by atomic mass is 16.3. The van der Waals surface area contributed by atoms with Crippen molar-refractivity contribution in [2.45, 2.75) is 13.5 Å². The minimum atomic E-state index is -0.337. The van der Waals surface area contributed by atoms with Crippen LogP contribution in [0.3, 0.4) is 0 Å². The predicted octanol–water partition coefficient (Wildman–Crippen LogP) is 0.0207. The van der Waals surface area contributed by atoms with Gasteiger partial charge in [-0.2, -0.15) is 5.26 Å². The molecule has 4 heteroatoms. The van der Waals surface area contributed by atoms with Crippen LogP contribution in [0.1, 0.15) is 11.1 Å². The first-order chi connectivity index (χ1) is 6.20. The SMILES string of the molecule is Cc1ccn(CCO)c(=O)c1C#N. The summed E-state index contributed by atoms with van der Waals surface area (Å²) in [5.74, 6) is 0. The molecule has 0 radical (unpaired) electrons. The smallest absolute Gasteiger partial charge is 0.268 e. The van der Waals surface area contributed by atoms with Gasteiger partial charge >= 0.3 is 0 Å². The lowest BCUT2D eigenvalue weighted by molar-refractivity contribution is 0.274. The molecule has 0 saturated carbocycles. The second kappa shape index (κ2) is 3.87. The van der Waals surface area contributed by atoms with E-state index < -0.39 is 0 Å². The Bertz CT molecular complexity index is 401. The van der Waals surface area contributed by atoms with E-state index in [1.54, 1.807) is 19.2 Å². The van der Waals surface area contributed by atoms with Gasteiger partial charge in [-0.1, -0.05) is 0 Å². The highest BCUT2D eigenvalue weighted by molar-refractivity contribution is 5.33. The van der Waals surface area contributed by atoms with Crippen molar-refractivity contribution < 1.29 is 5.11 Å². The van der Waals surface area contributed by atoms with Crippen LogP contribution in [0.5, 0.6) is 0 Å². The molecule has 0 aliphatic carbocycles. The van der Waals surface area contributed by atoms with Crippen LogP contribution in [0, 0.1) is 18.3 Å². The Hall–Kier alpha value is -1.60. The van der Waals surface area contributed by atoms with Crippen LogP contribution >= 0.6 is 0 Å². The van der Waals surface area contributed by atoms with Gasteiger partial charge in [0.15, 0.2) is 0 Å². The third-order valence-corrected chi connectivity index (χ3v) is 1.83. The summed E-state index contributed by atoms with van der Waals surface area (Å²) in [6.45, 7) is 1.84. The molecule has 0 saturated heterocycles. The Morgan fingerprint density at radius 2 is 2.38 bits per heavy atom. The van der Waals surface area contributed by atoms with Gasteiger partial charge in [0.05, 0.1) is 6.61 Å². The van der Waals surface area contributed by atoms with Gasteiger partial charge in [-0.15, -0.1) is 0 Å². The molecular formula is C9H10N2O2. The minimum Gasteiger partial charge on any atom is -0.395 e. The van der Waals surface area contributed by atoms with Gasteiger partial charge in [0.2, 0.25) is 0 Å². The number of hydrogen-bond donors (Lipinski definition) is 1. The maximum atomic E-state index is 11.4. The normalized spacial score (nSPS) is 9.62. The summed E-state index contributed by atoms with van der Waals surface area (Å²) in [5, 5.41) is 17.3. The monoisotopic (exact) mass is 178 g/mol. The molecular weight excluding hydrogens is 168 g/mol. The molecule has 0 aromatic carbocycles. The van der Waals surface area contributed by atoms with E-state index in [9.17, 15) is 4.79 Å². The number of hydrogen-bond acceptors (Lipinski definition) is 3. The highest BCUT2D eigenvalue weighted by Gasteiger charge is 2.04. The number of rotatable bonds is 2. The standard InChI is InChI=1S/C9H10N2O2/c1-7-2-3-11(4-5-12)9(13)8(7)6-10/h2-3,12H,4-5H2,1H3. The number of nitriles is 1. The molecule has 1 aromatic heterocycles. The van der Waals surface area contributed by atoms with E-state index in [0.29, 0.717) is 5.56 Å². The van der Waals surface area contributed by atoms with Gasteiger partial charge in [0.1, 0.15) is 11.6 Å². The molecule has 0 unspecified atom stereocenters. The van der Waals surface area contributed by atoms with Crippen molar-refractivity contribution in [2.75, 3.05) is 6.61 Å². The summed E-state index contributed by atoms with van der Waals surface area (Å²) < 4.78 is 1.32. The lowest BCUT2D eigenvalue weighted by atomic mass is 10.2. The Kier molecular flexibility index (Phi) is 2.83. The second-order valence-corrected chi connectivity index (χ2v) is 2.71. The van der Waals surface area contributed by atoms with Gasteiger partial charge in [-0.3, -0.25) is 4.79 Å². The molecule has 1 aromatic rings. The van der Waals surface area contributed by atoms with E-state index in [4.69, 9.17) is 10.4 Å². The number of aromatic nitrogens is 1. The van der Waals surface area contributed by atoms with E-state index in [-0.39, 0.29) is 24.3 Å². The molecule has 0 amide bonds. The van der Waals surface area contributed by atoms with Crippen LogP contribution in [0.2, 0.25) is 0 Å². The van der Waals surface area contributed by atoms with E-state index in [1.807, 2.05) is 6.07 Å². The fraction of sp³-hybridized carbons (Fsp3) is 0.333. The number of aryl methyl sites for hydroxylation is 1. The molecule has 0 aliphatic rings. The highest BCUT2D eigenvalue weighted by Crippen LogP contribution is 1.99. The predicted molar refractivity (Wildman–Crippen MR) is 47.2 cm³/mol. The van der Waals surface area contributed by atoms with Gasteiger partial charge in [-0.25, -0.2) is 0 Å². The molecule has 1 rings (SSSR count). The summed E-state index contributed by atoms with van der Waals surface area (Å²) in [5.41, 5.74) is 0.481. The second-order valence-electron chi connectivity index (χ2n) is 2.71. The van der Waals surface area contributed by atoms with Crippen LogP contribution < -0.4 is 5.56 Å². The van der Waals surface area contributed by atoms with Crippen LogP contribution in [0.15, 0.2) is 17.1 Å². The summed E-state index contributed by atoms with van der Waals surface area (Å²) >= 11 is 0. The molecule has 0 aliphatic heterocycles. The van der Waals surface area contributed by atoms with Crippen molar-refractivity contribution >= 4 is 0 Å². The molecule has 4 nitrogen and oxygen atoms in total. The first-order valence-corrected chi connectivity index (χ1v) is 3.91. The molecule has 0 spiro atoms. The van der Waals surface area contributed by atoms with Crippen molar-refractivity contribution in [1.82, 2.24) is 4.57 Å². The molecule has 13 heavy (non-hydrogen) atoms. The van der Waals surface area contributed by atoms with Gasteiger partial charge in [-0.05, 0) is 18.6 Å². The zero-order chi connectivity index (χ0) is 9.84. The van der Waals surface area contributed by atoms with Crippen molar-refractivity contribution in [3.8, 4) is 6.07 Å². The summed E-state index contributed by atoms with van der Waals surface area (Å²) in [6.07, 6.45) is 1.58. The first-order valence-electron chi connectivity index (χ1n) is 3.91. The Morgan fingerprint density at radius 1 is 1.69 bits per heavy atom. The van der Waals surface area contributed by atoms with Gasteiger partial charge in [0, 0.05) is 12.7 Å². The molecule has 1 N–H and O–H groups in total. The average Bonchev–Trinajstić information content (AvgIpc) is 2.11. The van der Waals surface area contributed by atoms with E-state index in [0.717, 1.165) is 0 Å². The van der Waals surface area contributed by atoms with Crippen molar-refractivity contribution in [1.29, 1.82) is 5.26 Å². The maximum Gasteiger partial charge on any atom is 0.268 e. The summed E-state index contributed by atoms with van der Waals surface area (Å²) in [7, 11) is 0. The zero-order valence-corrected chi connectivity index (χ0v) is 7.32. The minimum absolute atomic E-state index is 0.103. The van der Waals surface area contributed by atoms with E-state index >= 15 is 0 Å².